The Balaban J connectivity index is 3.07. The van der Waals surface area contributed by atoms with Crippen LogP contribution in [-0.2, 0) is 9.53 Å². The number of rotatable bonds is 5. The number of carbonyl (C=O) groups excluding carboxylic acids is 1. The maximum absolute atomic E-state index is 13.3. The van der Waals surface area contributed by atoms with Crippen molar-refractivity contribution in [2.75, 3.05) is 6.61 Å². The molecule has 0 heterocycles. The number of alkyl halides is 2. The Morgan fingerprint density at radius 3 is 2.63 bits per heavy atom. The van der Waals surface area contributed by atoms with Crippen molar-refractivity contribution in [1.29, 1.82) is 0 Å². The van der Waals surface area contributed by atoms with E-state index in [9.17, 15) is 23.7 Å². The van der Waals surface area contributed by atoms with E-state index in [1.54, 1.807) is 6.92 Å². The second kappa shape index (κ2) is 5.59. The quantitative estimate of drug-likeness (QED) is 0.468. The van der Waals surface area contributed by atoms with Gasteiger partial charge in [0.05, 0.1) is 11.5 Å². The van der Waals surface area contributed by atoms with Crippen molar-refractivity contribution in [3.05, 3.63) is 33.9 Å². The van der Waals surface area contributed by atoms with E-state index in [0.29, 0.717) is 5.56 Å². The third-order valence-electron chi connectivity index (χ3n) is 2.06. The zero-order valence-corrected chi connectivity index (χ0v) is 10.2. The molecule has 0 aliphatic rings. The van der Waals surface area contributed by atoms with E-state index in [0.717, 1.165) is 12.1 Å². The smallest absolute Gasteiger partial charge is 0.459 e. The van der Waals surface area contributed by atoms with Crippen LogP contribution in [0.5, 0.6) is 5.75 Å². The average Bonchev–Trinajstić information content (AvgIpc) is 2.28. The Labute approximate surface area is 107 Å². The molecular formula is C11H11F2NO5. The van der Waals surface area contributed by atoms with Crippen LogP contribution in [-0.4, -0.2) is 23.6 Å². The number of aryl methyl sites for hydroxylation is 1. The van der Waals surface area contributed by atoms with E-state index in [2.05, 4.69) is 9.47 Å². The number of carbonyl (C=O) groups is 1. The molecule has 1 aromatic carbocycles. The first kappa shape index (κ1) is 14.8. The van der Waals surface area contributed by atoms with Gasteiger partial charge in [-0.3, -0.25) is 10.1 Å². The van der Waals surface area contributed by atoms with Gasteiger partial charge in [-0.2, -0.15) is 8.78 Å². The number of benzene rings is 1. The summed E-state index contributed by atoms with van der Waals surface area (Å²) >= 11 is 0. The summed E-state index contributed by atoms with van der Waals surface area (Å²) in [7, 11) is 0. The molecule has 8 heteroatoms. The molecule has 0 N–H and O–H groups in total. The Bertz CT molecular complexity index is 504. The number of hydrogen-bond acceptors (Lipinski definition) is 5. The second-order valence-corrected chi connectivity index (χ2v) is 3.57. The molecule has 0 aromatic heterocycles. The average molecular weight is 275 g/mol. The predicted molar refractivity (Wildman–Crippen MR) is 60.0 cm³/mol. The van der Waals surface area contributed by atoms with Crippen molar-refractivity contribution in [1.82, 2.24) is 0 Å². The van der Waals surface area contributed by atoms with Crippen molar-refractivity contribution < 1.29 is 28.0 Å². The molecule has 0 saturated heterocycles. The van der Waals surface area contributed by atoms with E-state index in [1.165, 1.54) is 13.0 Å². The first-order valence-corrected chi connectivity index (χ1v) is 5.27. The Morgan fingerprint density at radius 2 is 2.11 bits per heavy atom. The molecule has 0 atom stereocenters. The molecule has 0 amide bonds. The topological polar surface area (TPSA) is 78.7 Å². The van der Waals surface area contributed by atoms with Crippen LogP contribution in [0.2, 0.25) is 0 Å². The Hall–Kier alpha value is -2.25. The highest BCUT2D eigenvalue weighted by Crippen LogP contribution is 2.32. The van der Waals surface area contributed by atoms with Gasteiger partial charge in [-0.25, -0.2) is 4.79 Å². The van der Waals surface area contributed by atoms with Crippen LogP contribution >= 0.6 is 0 Å². The van der Waals surface area contributed by atoms with Gasteiger partial charge in [-0.05, 0) is 25.5 Å². The molecule has 0 aliphatic heterocycles. The van der Waals surface area contributed by atoms with Crippen LogP contribution in [0, 0.1) is 17.0 Å². The molecular weight excluding hydrogens is 264 g/mol. The van der Waals surface area contributed by atoms with E-state index < -0.39 is 28.4 Å². The lowest BCUT2D eigenvalue weighted by Crippen LogP contribution is -2.37. The van der Waals surface area contributed by atoms with Gasteiger partial charge in [0, 0.05) is 6.07 Å². The number of nitro benzene ring substituents is 1. The molecule has 1 aromatic rings. The third-order valence-corrected chi connectivity index (χ3v) is 2.06. The van der Waals surface area contributed by atoms with Gasteiger partial charge in [-0.15, -0.1) is 0 Å². The summed E-state index contributed by atoms with van der Waals surface area (Å²) in [6.45, 7) is 2.63. The fraction of sp³-hybridized carbons (Fsp3) is 0.364. The maximum Gasteiger partial charge on any atom is 0.502 e. The first-order chi connectivity index (χ1) is 8.77. The predicted octanol–water partition coefficient (Wildman–Crippen LogP) is 2.44. The van der Waals surface area contributed by atoms with Crippen molar-refractivity contribution >= 4 is 11.7 Å². The lowest BCUT2D eigenvalue weighted by molar-refractivity contribution is -0.387. The molecule has 1 rings (SSSR count). The monoisotopic (exact) mass is 275 g/mol. The van der Waals surface area contributed by atoms with Crippen LogP contribution in [0.15, 0.2) is 18.2 Å². The summed E-state index contributed by atoms with van der Waals surface area (Å²) < 4.78 is 35.0. The highest BCUT2D eigenvalue weighted by atomic mass is 19.3. The number of ether oxygens (including phenoxy) is 2. The van der Waals surface area contributed by atoms with Crippen molar-refractivity contribution in [3.8, 4) is 5.75 Å². The molecule has 19 heavy (non-hydrogen) atoms. The summed E-state index contributed by atoms with van der Waals surface area (Å²) in [6, 6.07) is 3.44. The van der Waals surface area contributed by atoms with E-state index in [1.807, 2.05) is 0 Å². The summed E-state index contributed by atoms with van der Waals surface area (Å²) in [5.74, 6) is -2.59. The Morgan fingerprint density at radius 1 is 1.47 bits per heavy atom. The summed E-state index contributed by atoms with van der Waals surface area (Å²) in [6.07, 6.45) is -4.28. The minimum Gasteiger partial charge on any atom is -0.459 e. The van der Waals surface area contributed by atoms with Gasteiger partial charge in [-0.1, -0.05) is 6.07 Å². The van der Waals surface area contributed by atoms with Gasteiger partial charge >= 0.3 is 17.8 Å². The largest absolute Gasteiger partial charge is 0.502 e. The van der Waals surface area contributed by atoms with E-state index in [4.69, 9.17) is 0 Å². The highest BCUT2D eigenvalue weighted by molar-refractivity contribution is 5.76. The lowest BCUT2D eigenvalue weighted by Gasteiger charge is -2.16. The lowest BCUT2D eigenvalue weighted by atomic mass is 10.2. The summed E-state index contributed by atoms with van der Waals surface area (Å²) in [5, 5.41) is 10.7. The normalized spacial score (nSPS) is 10.9. The van der Waals surface area contributed by atoms with Gasteiger partial charge < -0.3 is 9.47 Å². The molecule has 0 saturated carbocycles. The molecule has 0 unspecified atom stereocenters. The number of hydrogen-bond donors (Lipinski definition) is 0. The van der Waals surface area contributed by atoms with Crippen LogP contribution in [0.1, 0.15) is 12.5 Å². The number of esters is 1. The van der Waals surface area contributed by atoms with Gasteiger partial charge in [0.25, 0.3) is 0 Å². The SMILES string of the molecule is CCOC(=O)C(F)(F)Oc1cc(C)ccc1[N+](=O)[O-]. The second-order valence-electron chi connectivity index (χ2n) is 3.57. The molecule has 0 bridgehead atoms. The molecule has 104 valence electrons. The van der Waals surface area contributed by atoms with Crippen LogP contribution in [0.4, 0.5) is 14.5 Å². The van der Waals surface area contributed by atoms with Crippen molar-refractivity contribution in [2.45, 2.75) is 20.0 Å². The summed E-state index contributed by atoms with van der Waals surface area (Å²) in [5.41, 5.74) is -0.185. The van der Waals surface area contributed by atoms with E-state index in [-0.39, 0.29) is 6.61 Å². The van der Waals surface area contributed by atoms with Crippen molar-refractivity contribution in [2.24, 2.45) is 0 Å². The zero-order valence-electron chi connectivity index (χ0n) is 10.2. The van der Waals surface area contributed by atoms with Gasteiger partial charge in [0.15, 0.2) is 0 Å². The summed E-state index contributed by atoms with van der Waals surface area (Å²) in [4.78, 5) is 20.8. The minimum absolute atomic E-state index is 0.256. The number of nitrogens with zero attached hydrogens (tertiary/aromatic N) is 1. The highest BCUT2D eigenvalue weighted by Gasteiger charge is 2.45. The number of halogens is 2. The third kappa shape index (κ3) is 3.60. The maximum atomic E-state index is 13.3. The minimum atomic E-state index is -4.28. The van der Waals surface area contributed by atoms with Gasteiger partial charge in [0.2, 0.25) is 5.75 Å². The molecule has 6 nitrogen and oxygen atoms in total. The molecule has 0 spiro atoms. The standard InChI is InChI=1S/C11H11F2NO5/c1-3-18-10(15)11(12,13)19-9-6-7(2)4-5-8(9)14(16)17/h4-6H,3H2,1-2H3. The van der Waals surface area contributed by atoms with Crippen molar-refractivity contribution in [3.63, 3.8) is 0 Å². The zero-order chi connectivity index (χ0) is 14.6. The van der Waals surface area contributed by atoms with Gasteiger partial charge in [0.1, 0.15) is 0 Å². The van der Waals surface area contributed by atoms with Crippen LogP contribution < -0.4 is 4.74 Å². The molecule has 0 aliphatic carbocycles. The van der Waals surface area contributed by atoms with Crippen LogP contribution in [0.25, 0.3) is 0 Å². The van der Waals surface area contributed by atoms with E-state index >= 15 is 0 Å². The fourth-order valence-electron chi connectivity index (χ4n) is 1.25. The number of nitro groups is 1. The Kier molecular flexibility index (Phi) is 4.36. The fourth-order valence-corrected chi connectivity index (χ4v) is 1.25. The van der Waals surface area contributed by atoms with Crippen LogP contribution in [0.3, 0.4) is 0 Å². The molecule has 0 radical (unpaired) electrons. The molecule has 0 fully saturated rings. The first-order valence-electron chi connectivity index (χ1n) is 5.27.